The van der Waals surface area contributed by atoms with Crippen LogP contribution in [0, 0.1) is 0 Å². The highest BCUT2D eigenvalue weighted by molar-refractivity contribution is 6.09. The quantitative estimate of drug-likeness (QED) is 0.249. The van der Waals surface area contributed by atoms with Crippen LogP contribution in [0.3, 0.4) is 0 Å². The lowest BCUT2D eigenvalue weighted by Crippen LogP contribution is -1.93. The van der Waals surface area contributed by atoms with Crippen LogP contribution in [-0.4, -0.2) is 9.97 Å². The lowest BCUT2D eigenvalue weighted by Gasteiger charge is -2.06. The number of benzene rings is 5. The zero-order chi connectivity index (χ0) is 25.1. The predicted octanol–water partition coefficient (Wildman–Crippen LogP) is 9.28. The highest BCUT2D eigenvalue weighted by Gasteiger charge is 2.18. The monoisotopic (exact) mass is 488 g/mol. The van der Waals surface area contributed by atoms with Gasteiger partial charge in [-0.05, 0) is 41.5 Å². The maximum absolute atomic E-state index is 6.48. The van der Waals surface area contributed by atoms with E-state index in [0.29, 0.717) is 11.4 Å². The second-order valence-corrected chi connectivity index (χ2v) is 9.43. The fourth-order valence-corrected chi connectivity index (χ4v) is 5.24. The molecule has 0 radical (unpaired) electrons. The summed E-state index contributed by atoms with van der Waals surface area (Å²) in [6, 6.07) is 41.0. The Morgan fingerprint density at radius 2 is 1.03 bits per heavy atom. The van der Waals surface area contributed by atoms with E-state index < -0.39 is 0 Å². The summed E-state index contributed by atoms with van der Waals surface area (Å²) in [5.74, 6) is 0.680. The van der Waals surface area contributed by atoms with Gasteiger partial charge < -0.3 is 8.83 Å². The Kier molecular flexibility index (Phi) is 4.49. The molecule has 0 saturated heterocycles. The Balaban J connectivity index is 1.33. The van der Waals surface area contributed by atoms with Crippen LogP contribution in [0.15, 0.2) is 130 Å². The third kappa shape index (κ3) is 3.24. The SMILES string of the molecule is c1ccc(-c2nc(-c3ccccc3)c3oc4cc(-c5ccc6c(c5)oc5ccccc56)ccc4c3n2)cc1. The van der Waals surface area contributed by atoms with E-state index in [-0.39, 0.29) is 0 Å². The van der Waals surface area contributed by atoms with Crippen molar-refractivity contribution in [2.75, 3.05) is 0 Å². The van der Waals surface area contributed by atoms with Gasteiger partial charge in [0.2, 0.25) is 0 Å². The number of hydrogen-bond acceptors (Lipinski definition) is 4. The Hall–Kier alpha value is -5.22. The number of furan rings is 2. The largest absolute Gasteiger partial charge is 0.456 e. The van der Waals surface area contributed by atoms with E-state index in [1.165, 1.54) is 0 Å². The van der Waals surface area contributed by atoms with E-state index >= 15 is 0 Å². The van der Waals surface area contributed by atoms with Crippen molar-refractivity contribution in [1.29, 1.82) is 0 Å². The Labute approximate surface area is 217 Å². The van der Waals surface area contributed by atoms with Gasteiger partial charge in [-0.15, -0.1) is 0 Å². The standard InChI is InChI=1S/C34H20N2O2/c1-3-9-21(10-4-1)31-33-32(36-34(35-31)22-11-5-2-6-12-22)27-18-16-24(20-30(27)38-33)23-15-17-26-25-13-7-8-14-28(25)37-29(26)19-23/h1-20H. The Morgan fingerprint density at radius 1 is 0.421 bits per heavy atom. The minimum atomic E-state index is 0.680. The normalized spacial score (nSPS) is 11.7. The molecule has 38 heavy (non-hydrogen) atoms. The maximum atomic E-state index is 6.48. The fraction of sp³-hybridized carbons (Fsp3) is 0. The number of rotatable bonds is 3. The summed E-state index contributed by atoms with van der Waals surface area (Å²) in [6.07, 6.45) is 0. The third-order valence-corrected chi connectivity index (χ3v) is 7.11. The first kappa shape index (κ1) is 20.9. The predicted molar refractivity (Wildman–Crippen MR) is 153 cm³/mol. The van der Waals surface area contributed by atoms with Gasteiger partial charge in [-0.1, -0.05) is 91.0 Å². The lowest BCUT2D eigenvalue weighted by atomic mass is 10.0. The van der Waals surface area contributed by atoms with E-state index in [9.17, 15) is 0 Å². The summed E-state index contributed by atoms with van der Waals surface area (Å²) in [5.41, 5.74) is 8.92. The zero-order valence-corrected chi connectivity index (χ0v) is 20.3. The van der Waals surface area contributed by atoms with Gasteiger partial charge in [0.05, 0.1) is 0 Å². The lowest BCUT2D eigenvalue weighted by molar-refractivity contribution is 0.667. The van der Waals surface area contributed by atoms with Gasteiger partial charge in [-0.2, -0.15) is 0 Å². The number of aromatic nitrogens is 2. The maximum Gasteiger partial charge on any atom is 0.180 e. The van der Waals surface area contributed by atoms with Gasteiger partial charge in [0.25, 0.3) is 0 Å². The highest BCUT2D eigenvalue weighted by Crippen LogP contribution is 2.38. The molecule has 0 aliphatic heterocycles. The molecule has 0 saturated carbocycles. The zero-order valence-electron chi connectivity index (χ0n) is 20.3. The van der Waals surface area contributed by atoms with Crippen LogP contribution >= 0.6 is 0 Å². The molecular formula is C34H20N2O2. The van der Waals surface area contributed by atoms with Gasteiger partial charge >= 0.3 is 0 Å². The molecule has 0 amide bonds. The molecule has 4 nitrogen and oxygen atoms in total. The van der Waals surface area contributed by atoms with Gasteiger partial charge in [-0.25, -0.2) is 9.97 Å². The number of hydrogen-bond donors (Lipinski definition) is 0. The first-order valence-electron chi connectivity index (χ1n) is 12.6. The third-order valence-electron chi connectivity index (χ3n) is 7.11. The molecule has 0 spiro atoms. The topological polar surface area (TPSA) is 52.1 Å². The molecule has 0 bridgehead atoms. The van der Waals surface area contributed by atoms with Crippen molar-refractivity contribution in [3.8, 4) is 33.8 Å². The molecule has 0 N–H and O–H groups in total. The van der Waals surface area contributed by atoms with Crippen molar-refractivity contribution in [3.63, 3.8) is 0 Å². The average Bonchev–Trinajstić information content (AvgIpc) is 3.55. The Bertz CT molecular complexity index is 2120. The summed E-state index contributed by atoms with van der Waals surface area (Å²) in [5, 5.41) is 3.21. The molecule has 178 valence electrons. The smallest absolute Gasteiger partial charge is 0.180 e. The first-order chi connectivity index (χ1) is 18.8. The molecule has 4 heteroatoms. The summed E-state index contributed by atoms with van der Waals surface area (Å²) in [4.78, 5) is 9.92. The van der Waals surface area contributed by atoms with Crippen LogP contribution in [0.1, 0.15) is 0 Å². The highest BCUT2D eigenvalue weighted by atomic mass is 16.3. The molecular weight excluding hydrogens is 468 g/mol. The summed E-state index contributed by atoms with van der Waals surface area (Å²) >= 11 is 0. The van der Waals surface area contributed by atoms with Crippen LogP contribution in [0.25, 0.3) is 77.8 Å². The van der Waals surface area contributed by atoms with E-state index in [4.69, 9.17) is 18.8 Å². The molecule has 0 unspecified atom stereocenters. The van der Waals surface area contributed by atoms with Gasteiger partial charge in [0.15, 0.2) is 11.4 Å². The van der Waals surface area contributed by atoms with Crippen molar-refractivity contribution >= 4 is 44.0 Å². The van der Waals surface area contributed by atoms with E-state index in [0.717, 1.165) is 66.4 Å². The molecule has 5 aromatic carbocycles. The summed E-state index contributed by atoms with van der Waals surface area (Å²) in [6.45, 7) is 0. The van der Waals surface area contributed by atoms with E-state index in [2.05, 4.69) is 54.6 Å². The molecule has 0 aliphatic carbocycles. The van der Waals surface area contributed by atoms with Crippen LogP contribution in [0.4, 0.5) is 0 Å². The second-order valence-electron chi connectivity index (χ2n) is 9.43. The minimum absolute atomic E-state index is 0.680. The van der Waals surface area contributed by atoms with Crippen molar-refractivity contribution in [1.82, 2.24) is 9.97 Å². The van der Waals surface area contributed by atoms with Crippen LogP contribution in [0.2, 0.25) is 0 Å². The molecule has 0 atom stereocenters. The summed E-state index contributed by atoms with van der Waals surface area (Å²) < 4.78 is 12.6. The molecule has 3 heterocycles. The van der Waals surface area contributed by atoms with Gasteiger partial charge in [0, 0.05) is 27.3 Å². The van der Waals surface area contributed by atoms with Crippen molar-refractivity contribution in [3.05, 3.63) is 121 Å². The number of nitrogens with zero attached hydrogens (tertiary/aromatic N) is 2. The molecule has 3 aromatic heterocycles. The molecule has 8 rings (SSSR count). The van der Waals surface area contributed by atoms with Gasteiger partial charge in [0.1, 0.15) is 28.0 Å². The number of para-hydroxylation sites is 1. The molecule has 8 aromatic rings. The second kappa shape index (κ2) is 8.15. The van der Waals surface area contributed by atoms with Crippen molar-refractivity contribution in [2.24, 2.45) is 0 Å². The van der Waals surface area contributed by atoms with E-state index in [1.807, 2.05) is 66.7 Å². The number of fused-ring (bicyclic) bond motifs is 6. The molecule has 0 aliphatic rings. The van der Waals surface area contributed by atoms with Crippen LogP contribution in [-0.2, 0) is 0 Å². The van der Waals surface area contributed by atoms with E-state index in [1.54, 1.807) is 0 Å². The Morgan fingerprint density at radius 3 is 1.79 bits per heavy atom. The summed E-state index contributed by atoms with van der Waals surface area (Å²) in [7, 11) is 0. The minimum Gasteiger partial charge on any atom is -0.456 e. The van der Waals surface area contributed by atoms with Crippen molar-refractivity contribution in [2.45, 2.75) is 0 Å². The van der Waals surface area contributed by atoms with Crippen LogP contribution in [0.5, 0.6) is 0 Å². The van der Waals surface area contributed by atoms with Crippen molar-refractivity contribution < 1.29 is 8.83 Å². The fourth-order valence-electron chi connectivity index (χ4n) is 5.24. The average molecular weight is 489 g/mol. The van der Waals surface area contributed by atoms with Crippen LogP contribution < -0.4 is 0 Å². The van der Waals surface area contributed by atoms with Gasteiger partial charge in [-0.3, -0.25) is 0 Å². The first-order valence-corrected chi connectivity index (χ1v) is 12.6. The molecule has 0 fully saturated rings.